The van der Waals surface area contributed by atoms with E-state index in [0.29, 0.717) is 0 Å². The average Bonchev–Trinajstić information content (AvgIpc) is 2.33. The zero-order valence-corrected chi connectivity index (χ0v) is 9.67. The number of hydrogen-bond donors (Lipinski definition) is 2. The highest BCUT2D eigenvalue weighted by Crippen LogP contribution is 2.56. The number of thioether (sulfide) groups is 1. The van der Waals surface area contributed by atoms with E-state index in [2.05, 4.69) is 0 Å². The average molecular weight is 230 g/mol. The lowest BCUT2D eigenvalue weighted by atomic mass is 9.83. The van der Waals surface area contributed by atoms with Crippen LogP contribution in [0.5, 0.6) is 0 Å². The fraction of sp³-hybridized carbons (Fsp3) is 0.778. The molecule has 2 rings (SSSR count). The summed E-state index contributed by atoms with van der Waals surface area (Å²) in [6, 6.07) is -0.546. The Bertz CT molecular complexity index is 357. The lowest BCUT2D eigenvalue weighted by Crippen LogP contribution is -2.73. The molecule has 0 saturated carbocycles. The van der Waals surface area contributed by atoms with Crippen molar-refractivity contribution in [3.63, 3.8) is 0 Å². The van der Waals surface area contributed by atoms with Crippen LogP contribution in [0.3, 0.4) is 0 Å². The van der Waals surface area contributed by atoms with E-state index in [1.54, 1.807) is 6.92 Å². The van der Waals surface area contributed by atoms with E-state index in [0.717, 1.165) is 0 Å². The predicted octanol–water partition coefficient (Wildman–Crippen LogP) is -0.149. The second-order valence-electron chi connectivity index (χ2n) is 4.63. The van der Waals surface area contributed by atoms with Gasteiger partial charge < -0.3 is 15.7 Å². The Morgan fingerprint density at radius 2 is 2.07 bits per heavy atom. The third-order valence-electron chi connectivity index (χ3n) is 3.57. The third kappa shape index (κ3) is 0.986. The number of nitrogens with zero attached hydrogens (tertiary/aromatic N) is 1. The molecule has 3 N–H and O–H groups in total. The molecule has 6 heteroatoms. The van der Waals surface area contributed by atoms with Crippen molar-refractivity contribution in [3.8, 4) is 0 Å². The van der Waals surface area contributed by atoms with Gasteiger partial charge in [0.1, 0.15) is 11.4 Å². The number of carboxylic acid groups (broad SMARTS) is 1. The molecule has 2 saturated heterocycles. The van der Waals surface area contributed by atoms with Gasteiger partial charge in [0, 0.05) is 4.75 Å². The van der Waals surface area contributed by atoms with Crippen LogP contribution in [0, 0.1) is 0 Å². The first kappa shape index (κ1) is 10.8. The Morgan fingerprint density at radius 1 is 1.53 bits per heavy atom. The van der Waals surface area contributed by atoms with Gasteiger partial charge in [0.25, 0.3) is 0 Å². The Morgan fingerprint density at radius 3 is 2.53 bits per heavy atom. The Labute approximate surface area is 92.0 Å². The molecule has 2 fully saturated rings. The van der Waals surface area contributed by atoms with Gasteiger partial charge in [0.05, 0.1) is 0 Å². The third-order valence-corrected chi connectivity index (χ3v) is 5.30. The standard InChI is InChI=1S/C9H14N2O3S/c1-8(2)9(3,7(13)14)11-5(12)4(10)6(11)15-8/h4,6H,10H2,1-3H3,(H,13,14)/t4?,6-,9+/m1/s1. The summed E-state index contributed by atoms with van der Waals surface area (Å²) in [6.45, 7) is 5.26. The fourth-order valence-electron chi connectivity index (χ4n) is 2.15. The highest BCUT2D eigenvalue weighted by molar-refractivity contribution is 8.01. The molecule has 0 aromatic carbocycles. The first-order chi connectivity index (χ1) is 6.73. The number of carbonyl (C=O) groups is 2. The van der Waals surface area contributed by atoms with Crippen LogP contribution in [0.15, 0.2) is 0 Å². The molecular formula is C9H14N2O3S. The number of carbonyl (C=O) groups excluding carboxylic acids is 1. The molecular weight excluding hydrogens is 216 g/mol. The van der Waals surface area contributed by atoms with Gasteiger partial charge in [0.2, 0.25) is 5.91 Å². The van der Waals surface area contributed by atoms with Crippen LogP contribution in [0.25, 0.3) is 0 Å². The normalized spacial score (nSPS) is 42.4. The van der Waals surface area contributed by atoms with E-state index in [4.69, 9.17) is 5.73 Å². The SMILES string of the molecule is CC1(C)S[C@@H]2C(N)C(=O)N2[C@@]1(C)C(=O)O. The van der Waals surface area contributed by atoms with Crippen molar-refractivity contribution in [1.29, 1.82) is 0 Å². The summed E-state index contributed by atoms with van der Waals surface area (Å²) in [7, 11) is 0. The van der Waals surface area contributed by atoms with Crippen molar-refractivity contribution in [3.05, 3.63) is 0 Å². The summed E-state index contributed by atoms with van der Waals surface area (Å²) in [5.41, 5.74) is 4.49. The number of fused-ring (bicyclic) bond motifs is 1. The molecule has 84 valence electrons. The summed E-state index contributed by atoms with van der Waals surface area (Å²) in [5.74, 6) is -1.23. The van der Waals surface area contributed by atoms with E-state index in [-0.39, 0.29) is 11.3 Å². The molecule has 0 aliphatic carbocycles. The molecule has 5 nitrogen and oxygen atoms in total. The molecule has 0 bridgehead atoms. The van der Waals surface area contributed by atoms with Gasteiger partial charge in [-0.25, -0.2) is 4.79 Å². The molecule has 0 aromatic rings. The second kappa shape index (κ2) is 2.68. The number of nitrogens with two attached hydrogens (primary N) is 1. The van der Waals surface area contributed by atoms with Gasteiger partial charge in [0.15, 0.2) is 5.54 Å². The first-order valence-corrected chi connectivity index (χ1v) is 5.61. The molecule has 1 unspecified atom stereocenters. The van der Waals surface area contributed by atoms with Crippen molar-refractivity contribution in [2.45, 2.75) is 42.5 Å². The molecule has 2 aliphatic heterocycles. The van der Waals surface area contributed by atoms with Crippen LogP contribution in [-0.2, 0) is 9.59 Å². The Kier molecular flexibility index (Phi) is 1.92. The predicted molar refractivity (Wildman–Crippen MR) is 56.3 cm³/mol. The van der Waals surface area contributed by atoms with E-state index in [9.17, 15) is 14.7 Å². The Hall–Kier alpha value is -0.750. The highest BCUT2D eigenvalue weighted by Gasteiger charge is 2.69. The van der Waals surface area contributed by atoms with Crippen LogP contribution in [0.4, 0.5) is 0 Å². The minimum atomic E-state index is -1.16. The number of β-lactam (4-membered cyclic amide) rings is 1. The summed E-state index contributed by atoms with van der Waals surface area (Å²) < 4.78 is -0.521. The van der Waals surface area contributed by atoms with Crippen LogP contribution in [0.1, 0.15) is 20.8 Å². The van der Waals surface area contributed by atoms with E-state index >= 15 is 0 Å². The molecule has 0 spiro atoms. The number of amides is 1. The van der Waals surface area contributed by atoms with E-state index < -0.39 is 22.3 Å². The number of carboxylic acids is 1. The lowest BCUT2D eigenvalue weighted by molar-refractivity contribution is -0.168. The summed E-state index contributed by atoms with van der Waals surface area (Å²) in [5, 5.41) is 9.10. The zero-order valence-electron chi connectivity index (χ0n) is 8.85. The van der Waals surface area contributed by atoms with Crippen LogP contribution in [-0.4, -0.2) is 43.6 Å². The number of hydrogen-bond acceptors (Lipinski definition) is 4. The van der Waals surface area contributed by atoms with Crippen molar-refractivity contribution >= 4 is 23.6 Å². The molecule has 15 heavy (non-hydrogen) atoms. The van der Waals surface area contributed by atoms with Crippen molar-refractivity contribution in [2.24, 2.45) is 5.73 Å². The van der Waals surface area contributed by atoms with Gasteiger partial charge in [-0.3, -0.25) is 4.79 Å². The maximum absolute atomic E-state index is 11.6. The zero-order chi connectivity index (χ0) is 11.6. The van der Waals surface area contributed by atoms with Crippen LogP contribution in [0.2, 0.25) is 0 Å². The largest absolute Gasteiger partial charge is 0.479 e. The topological polar surface area (TPSA) is 83.6 Å². The number of rotatable bonds is 1. The van der Waals surface area contributed by atoms with E-state index in [1.807, 2.05) is 13.8 Å². The molecule has 0 aromatic heterocycles. The van der Waals surface area contributed by atoms with Crippen molar-refractivity contribution < 1.29 is 14.7 Å². The first-order valence-electron chi connectivity index (χ1n) is 4.73. The highest BCUT2D eigenvalue weighted by atomic mass is 32.2. The number of aliphatic carboxylic acids is 1. The van der Waals surface area contributed by atoms with Gasteiger partial charge in [-0.15, -0.1) is 11.8 Å². The lowest BCUT2D eigenvalue weighted by Gasteiger charge is -2.47. The molecule has 2 heterocycles. The summed E-state index contributed by atoms with van der Waals surface area (Å²) in [4.78, 5) is 24.3. The van der Waals surface area contributed by atoms with Crippen LogP contribution < -0.4 is 5.73 Å². The Balaban J connectivity index is 2.46. The smallest absolute Gasteiger partial charge is 0.330 e. The van der Waals surface area contributed by atoms with Gasteiger partial charge in [-0.1, -0.05) is 0 Å². The summed E-state index contributed by atoms with van der Waals surface area (Å²) in [6.07, 6.45) is 0. The van der Waals surface area contributed by atoms with Gasteiger partial charge in [-0.2, -0.15) is 0 Å². The van der Waals surface area contributed by atoms with Crippen molar-refractivity contribution in [1.82, 2.24) is 4.90 Å². The maximum Gasteiger partial charge on any atom is 0.330 e. The monoisotopic (exact) mass is 230 g/mol. The molecule has 2 aliphatic rings. The van der Waals surface area contributed by atoms with Gasteiger partial charge >= 0.3 is 5.97 Å². The molecule has 1 amide bonds. The van der Waals surface area contributed by atoms with Gasteiger partial charge in [-0.05, 0) is 20.8 Å². The van der Waals surface area contributed by atoms with Crippen LogP contribution >= 0.6 is 11.8 Å². The maximum atomic E-state index is 11.6. The molecule has 0 radical (unpaired) electrons. The van der Waals surface area contributed by atoms with Crippen molar-refractivity contribution in [2.75, 3.05) is 0 Å². The molecule has 3 atom stereocenters. The minimum absolute atomic E-state index is 0.186. The van der Waals surface area contributed by atoms with E-state index in [1.165, 1.54) is 16.7 Å². The minimum Gasteiger partial charge on any atom is -0.479 e. The second-order valence-corrected chi connectivity index (χ2v) is 6.37. The summed E-state index contributed by atoms with van der Waals surface area (Å²) >= 11 is 1.46. The fourth-order valence-corrected chi connectivity index (χ4v) is 3.86. The quantitative estimate of drug-likeness (QED) is 0.612.